The zero-order valence-corrected chi connectivity index (χ0v) is 32.0. The number of ether oxygens (including phenoxy) is 6. The SMILES string of the molecule is CCOc1cc(OC)c(Cl)cc1N.CCOc1cc(OC)c(N)cc1Cl.COc1c(Cl)cc(N)c(C)c1Cl.COc1ccc(N)cc1C(F)(F)F. The fraction of sp³-hybridized carbons (Fsp3) is 0.294. The average molecular weight is 801 g/mol. The molecule has 0 atom stereocenters. The second kappa shape index (κ2) is 21.3. The van der Waals surface area contributed by atoms with Crippen LogP contribution in [-0.4, -0.2) is 41.7 Å². The summed E-state index contributed by atoms with van der Waals surface area (Å²) < 4.78 is 67.0. The van der Waals surface area contributed by atoms with Gasteiger partial charge in [0.25, 0.3) is 0 Å². The number of alkyl halides is 3. The highest BCUT2D eigenvalue weighted by atomic mass is 35.5. The summed E-state index contributed by atoms with van der Waals surface area (Å²) in [7, 11) is 5.80. The Bertz CT molecular complexity index is 1670. The van der Waals surface area contributed by atoms with Gasteiger partial charge in [-0.25, -0.2) is 0 Å². The zero-order chi connectivity index (χ0) is 39.1. The predicted octanol–water partition coefficient (Wildman–Crippen LogP) is 9.85. The van der Waals surface area contributed by atoms with Crippen LogP contribution in [0.4, 0.5) is 35.9 Å². The predicted molar refractivity (Wildman–Crippen MR) is 202 cm³/mol. The minimum absolute atomic E-state index is 0.0631. The van der Waals surface area contributed by atoms with Crippen LogP contribution < -0.4 is 51.4 Å². The van der Waals surface area contributed by atoms with Gasteiger partial charge in [0.1, 0.15) is 28.7 Å². The molecule has 0 aromatic heterocycles. The van der Waals surface area contributed by atoms with Gasteiger partial charge in [-0.05, 0) is 62.7 Å². The van der Waals surface area contributed by atoms with Gasteiger partial charge >= 0.3 is 6.18 Å². The summed E-state index contributed by atoms with van der Waals surface area (Å²) in [6, 6.07) is 11.6. The van der Waals surface area contributed by atoms with E-state index in [1.165, 1.54) is 26.4 Å². The van der Waals surface area contributed by atoms with E-state index in [4.69, 9.17) is 93.0 Å². The first-order valence-corrected chi connectivity index (χ1v) is 16.2. The molecule has 4 aromatic rings. The van der Waals surface area contributed by atoms with Gasteiger partial charge < -0.3 is 51.4 Å². The number of hydrogen-bond donors (Lipinski definition) is 4. The van der Waals surface area contributed by atoms with Crippen LogP contribution in [0.15, 0.2) is 48.5 Å². The Morgan fingerprint density at radius 2 is 1.04 bits per heavy atom. The molecule has 0 aliphatic carbocycles. The number of nitrogens with two attached hydrogens (primary N) is 4. The minimum Gasteiger partial charge on any atom is -0.496 e. The fourth-order valence-electron chi connectivity index (χ4n) is 3.83. The van der Waals surface area contributed by atoms with Crippen LogP contribution >= 0.6 is 46.4 Å². The van der Waals surface area contributed by atoms with E-state index >= 15 is 0 Å². The Balaban J connectivity index is 0.000000340. The van der Waals surface area contributed by atoms with Crippen LogP contribution in [0.25, 0.3) is 0 Å². The molecule has 0 radical (unpaired) electrons. The number of methoxy groups -OCH3 is 4. The molecule has 0 heterocycles. The normalized spacial score (nSPS) is 10.2. The van der Waals surface area contributed by atoms with Crippen LogP contribution in [0.5, 0.6) is 34.5 Å². The van der Waals surface area contributed by atoms with E-state index in [1.54, 1.807) is 44.6 Å². The van der Waals surface area contributed by atoms with Gasteiger partial charge in [-0.1, -0.05) is 46.4 Å². The largest absolute Gasteiger partial charge is 0.496 e. The van der Waals surface area contributed by atoms with Gasteiger partial charge in [-0.15, -0.1) is 0 Å². The Hall–Kier alpha value is -4.17. The van der Waals surface area contributed by atoms with Crippen molar-refractivity contribution in [1.82, 2.24) is 0 Å². The standard InChI is InChI=1S/2C9H12ClNO2.C8H9Cl2NO.C8H8F3NO/c1-3-13-8-5-9(12-2)7(11)4-6(8)10;1-3-13-9-5-8(12-2)6(10)4-7(9)11;1-4-6(11)3-5(9)8(12-2)7(4)10;1-13-7-3-2-5(12)4-6(7)8(9,10)11/h2*4-5H,3,11H2,1-2H3;3H,11H2,1-2H3;2-4H,12H2,1H3. The highest BCUT2D eigenvalue weighted by molar-refractivity contribution is 6.38. The highest BCUT2D eigenvalue weighted by Crippen LogP contribution is 2.39. The molecule has 0 saturated heterocycles. The molecule has 0 aliphatic rings. The van der Waals surface area contributed by atoms with E-state index in [9.17, 15) is 13.2 Å². The Labute approximate surface area is 315 Å². The van der Waals surface area contributed by atoms with Gasteiger partial charge in [-0.2, -0.15) is 13.2 Å². The van der Waals surface area contributed by atoms with E-state index in [0.717, 1.165) is 11.6 Å². The fourth-order valence-corrected chi connectivity index (χ4v) is 4.93. The lowest BCUT2D eigenvalue weighted by molar-refractivity contribution is -0.138. The second-order valence-corrected chi connectivity index (χ2v) is 11.4. The summed E-state index contributed by atoms with van der Waals surface area (Å²) in [5.41, 5.74) is 23.7. The van der Waals surface area contributed by atoms with Crippen LogP contribution in [-0.2, 0) is 6.18 Å². The third kappa shape index (κ3) is 13.5. The molecule has 0 amide bonds. The Morgan fingerprint density at radius 3 is 1.53 bits per heavy atom. The summed E-state index contributed by atoms with van der Waals surface area (Å²) in [5.74, 6) is 2.60. The van der Waals surface area contributed by atoms with Gasteiger partial charge in [0.05, 0.1) is 78.7 Å². The van der Waals surface area contributed by atoms with Crippen molar-refractivity contribution in [1.29, 1.82) is 0 Å². The summed E-state index contributed by atoms with van der Waals surface area (Å²) >= 11 is 23.4. The zero-order valence-electron chi connectivity index (χ0n) is 28.9. The third-order valence-corrected chi connectivity index (χ3v) is 7.69. The Kier molecular flexibility index (Phi) is 18.7. The molecule has 17 heteroatoms. The number of rotatable bonds is 8. The van der Waals surface area contributed by atoms with Gasteiger partial charge in [0, 0.05) is 23.5 Å². The van der Waals surface area contributed by atoms with Crippen molar-refractivity contribution in [3.05, 3.63) is 79.7 Å². The topological polar surface area (TPSA) is 159 Å². The number of anilines is 4. The number of hydrogen-bond acceptors (Lipinski definition) is 10. The van der Waals surface area contributed by atoms with Crippen molar-refractivity contribution in [2.45, 2.75) is 26.9 Å². The summed E-state index contributed by atoms with van der Waals surface area (Å²) in [6.07, 6.45) is -4.43. The van der Waals surface area contributed by atoms with Crippen molar-refractivity contribution in [2.24, 2.45) is 0 Å². The highest BCUT2D eigenvalue weighted by Gasteiger charge is 2.34. The summed E-state index contributed by atoms with van der Waals surface area (Å²) in [5, 5.41) is 1.90. The summed E-state index contributed by atoms with van der Waals surface area (Å²) in [4.78, 5) is 0. The molecule has 0 bridgehead atoms. The minimum atomic E-state index is -4.43. The molecule has 8 N–H and O–H groups in total. The first kappa shape index (κ1) is 44.9. The molecule has 0 unspecified atom stereocenters. The quantitative estimate of drug-likeness (QED) is 0.126. The molecule has 282 valence electrons. The van der Waals surface area contributed by atoms with Gasteiger partial charge in [0.15, 0.2) is 5.75 Å². The molecule has 4 rings (SSSR count). The first-order chi connectivity index (χ1) is 23.9. The molecular weight excluding hydrogens is 759 g/mol. The smallest absolute Gasteiger partial charge is 0.420 e. The van der Waals surface area contributed by atoms with Crippen molar-refractivity contribution in [3.8, 4) is 34.5 Å². The van der Waals surface area contributed by atoms with Crippen molar-refractivity contribution >= 4 is 69.2 Å². The second-order valence-electron chi connectivity index (χ2n) is 9.79. The molecule has 0 spiro atoms. The van der Waals surface area contributed by atoms with E-state index in [-0.39, 0.29) is 11.4 Å². The average Bonchev–Trinajstić information content (AvgIpc) is 3.07. The maximum absolute atomic E-state index is 12.3. The van der Waals surface area contributed by atoms with E-state index in [2.05, 4.69) is 4.74 Å². The Morgan fingerprint density at radius 1 is 0.569 bits per heavy atom. The van der Waals surface area contributed by atoms with Crippen LogP contribution in [0.1, 0.15) is 25.0 Å². The van der Waals surface area contributed by atoms with Crippen molar-refractivity contribution in [3.63, 3.8) is 0 Å². The molecule has 4 aromatic carbocycles. The van der Waals surface area contributed by atoms with Crippen LogP contribution in [0.2, 0.25) is 20.1 Å². The van der Waals surface area contributed by atoms with E-state index in [1.807, 2.05) is 20.8 Å². The molecule has 0 fully saturated rings. The lowest BCUT2D eigenvalue weighted by Gasteiger charge is -2.11. The molecular formula is C34H41Cl4F3N4O6. The molecule has 0 aliphatic heterocycles. The lowest BCUT2D eigenvalue weighted by atomic mass is 10.1. The van der Waals surface area contributed by atoms with Crippen LogP contribution in [0, 0.1) is 6.92 Å². The number of nitrogen functional groups attached to an aromatic ring is 4. The maximum atomic E-state index is 12.3. The first-order valence-electron chi connectivity index (χ1n) is 14.7. The van der Waals surface area contributed by atoms with Gasteiger partial charge in [0.2, 0.25) is 0 Å². The molecule has 51 heavy (non-hydrogen) atoms. The number of benzene rings is 4. The lowest BCUT2D eigenvalue weighted by Crippen LogP contribution is -2.08. The third-order valence-electron chi connectivity index (χ3n) is 6.36. The monoisotopic (exact) mass is 798 g/mol. The van der Waals surface area contributed by atoms with Crippen molar-refractivity contribution in [2.75, 3.05) is 64.6 Å². The number of halogens is 7. The van der Waals surface area contributed by atoms with E-state index < -0.39 is 11.7 Å². The molecule has 0 saturated carbocycles. The van der Waals surface area contributed by atoms with Gasteiger partial charge in [-0.3, -0.25) is 0 Å². The van der Waals surface area contributed by atoms with Crippen LogP contribution in [0.3, 0.4) is 0 Å². The molecule has 10 nitrogen and oxygen atoms in total. The summed E-state index contributed by atoms with van der Waals surface area (Å²) in [6.45, 7) is 6.72. The van der Waals surface area contributed by atoms with E-state index in [0.29, 0.717) is 79.1 Å². The van der Waals surface area contributed by atoms with Crippen molar-refractivity contribution < 1.29 is 41.6 Å². The maximum Gasteiger partial charge on any atom is 0.420 e.